The maximum atomic E-state index is 6.12. The van der Waals surface area contributed by atoms with Gasteiger partial charge in [0.05, 0.1) is 5.69 Å². The molecule has 0 spiro atoms. The molecule has 0 bridgehead atoms. The molecule has 0 amide bonds. The van der Waals surface area contributed by atoms with E-state index in [4.69, 9.17) is 16.3 Å². The molecule has 0 unspecified atom stereocenters. The number of hydrogen-bond donors (Lipinski definition) is 1. The van der Waals surface area contributed by atoms with Gasteiger partial charge < -0.3 is 10.1 Å². The summed E-state index contributed by atoms with van der Waals surface area (Å²) in [5, 5.41) is 3.87. The predicted molar refractivity (Wildman–Crippen MR) is 80.3 cm³/mol. The Balaban J connectivity index is 1.95. The molecule has 98 valence electrons. The molecule has 0 fully saturated rings. The molecule has 1 aliphatic rings. The molecule has 19 heavy (non-hydrogen) atoms. The molecule has 0 aliphatic carbocycles. The number of pyridine rings is 1. The summed E-state index contributed by atoms with van der Waals surface area (Å²) < 4.78 is 6.67. The van der Waals surface area contributed by atoms with E-state index in [0.717, 1.165) is 35.3 Å². The Labute approximate surface area is 125 Å². The number of benzene rings is 1. The first-order valence-corrected chi connectivity index (χ1v) is 7.26. The van der Waals surface area contributed by atoms with Gasteiger partial charge in [0.1, 0.15) is 5.02 Å². The summed E-state index contributed by atoms with van der Waals surface area (Å²) in [6.45, 7) is 0.967. The summed E-state index contributed by atoms with van der Waals surface area (Å²) in [6.07, 6.45) is 3.89. The minimum Gasteiger partial charge on any atom is -0.435 e. The van der Waals surface area contributed by atoms with Crippen LogP contribution in [0.3, 0.4) is 0 Å². The maximum Gasteiger partial charge on any atom is 0.238 e. The minimum atomic E-state index is 0.422. The number of halogens is 2. The Morgan fingerprint density at radius 2 is 2.26 bits per heavy atom. The van der Waals surface area contributed by atoms with Gasteiger partial charge in [0.25, 0.3) is 0 Å². The molecule has 2 aromatic rings. The van der Waals surface area contributed by atoms with Crippen LogP contribution in [-0.4, -0.2) is 11.5 Å². The fourth-order valence-electron chi connectivity index (χ4n) is 2.14. The van der Waals surface area contributed by atoms with E-state index in [1.54, 1.807) is 12.3 Å². The van der Waals surface area contributed by atoms with Gasteiger partial charge in [0.15, 0.2) is 5.75 Å². The van der Waals surface area contributed by atoms with Crippen molar-refractivity contribution in [2.24, 2.45) is 0 Å². The third-order valence-electron chi connectivity index (χ3n) is 3.02. The maximum absolute atomic E-state index is 6.12. The Hall–Kier alpha value is -1.26. The van der Waals surface area contributed by atoms with Crippen molar-refractivity contribution >= 4 is 33.2 Å². The number of nitrogens with one attached hydrogen (secondary N) is 1. The zero-order valence-electron chi connectivity index (χ0n) is 10.1. The summed E-state index contributed by atoms with van der Waals surface area (Å²) >= 11 is 9.45. The quantitative estimate of drug-likeness (QED) is 0.865. The lowest BCUT2D eigenvalue weighted by Gasteiger charge is -2.20. The lowest BCUT2D eigenvalue weighted by atomic mass is 10.0. The molecule has 0 saturated heterocycles. The van der Waals surface area contributed by atoms with Crippen LogP contribution in [0, 0.1) is 0 Å². The van der Waals surface area contributed by atoms with Gasteiger partial charge in [-0.05, 0) is 46.5 Å². The predicted octanol–water partition coefficient (Wildman–Crippen LogP) is 4.65. The van der Waals surface area contributed by atoms with Gasteiger partial charge in [-0.3, -0.25) is 0 Å². The molecule has 1 aliphatic heterocycles. The van der Waals surface area contributed by atoms with Gasteiger partial charge in [-0.15, -0.1) is 0 Å². The second-order valence-corrected chi connectivity index (χ2v) is 5.69. The van der Waals surface area contributed by atoms with Crippen LogP contribution in [0.5, 0.6) is 11.6 Å². The number of nitrogens with zero attached hydrogens (tertiary/aromatic N) is 1. The van der Waals surface area contributed by atoms with Crippen LogP contribution in [0.4, 0.5) is 5.69 Å². The van der Waals surface area contributed by atoms with E-state index in [9.17, 15) is 0 Å². The summed E-state index contributed by atoms with van der Waals surface area (Å²) in [5.74, 6) is 1.19. The molecule has 1 aromatic carbocycles. The first-order chi connectivity index (χ1) is 9.24. The first kappa shape index (κ1) is 12.8. The van der Waals surface area contributed by atoms with Crippen LogP contribution in [-0.2, 0) is 6.42 Å². The molecule has 3 nitrogen and oxygen atoms in total. The van der Waals surface area contributed by atoms with Gasteiger partial charge in [0, 0.05) is 17.2 Å². The van der Waals surface area contributed by atoms with Crippen LogP contribution in [0.1, 0.15) is 12.0 Å². The highest BCUT2D eigenvalue weighted by atomic mass is 79.9. The summed E-state index contributed by atoms with van der Waals surface area (Å²) in [6, 6.07) is 7.81. The van der Waals surface area contributed by atoms with E-state index in [-0.39, 0.29) is 0 Å². The number of rotatable bonds is 2. The Morgan fingerprint density at radius 1 is 1.37 bits per heavy atom. The van der Waals surface area contributed by atoms with Gasteiger partial charge in [-0.1, -0.05) is 23.7 Å². The molecule has 2 heterocycles. The Bertz CT molecular complexity index is 618. The first-order valence-electron chi connectivity index (χ1n) is 6.09. The van der Waals surface area contributed by atoms with Crippen molar-refractivity contribution in [3.05, 3.63) is 45.5 Å². The van der Waals surface area contributed by atoms with Gasteiger partial charge >= 0.3 is 0 Å². The number of fused-ring (bicyclic) bond motifs is 1. The number of aryl methyl sites for hydroxylation is 1. The summed E-state index contributed by atoms with van der Waals surface area (Å²) in [7, 11) is 0. The number of hydrogen-bond acceptors (Lipinski definition) is 3. The zero-order chi connectivity index (χ0) is 13.2. The SMILES string of the molecule is Clc1cc(Br)cnc1Oc1cccc2c1NCCC2. The Kier molecular flexibility index (Phi) is 3.62. The molecule has 5 heteroatoms. The van der Waals surface area contributed by atoms with E-state index < -0.39 is 0 Å². The Morgan fingerprint density at radius 3 is 3.11 bits per heavy atom. The van der Waals surface area contributed by atoms with E-state index >= 15 is 0 Å². The third kappa shape index (κ3) is 2.69. The van der Waals surface area contributed by atoms with E-state index in [1.807, 2.05) is 12.1 Å². The average molecular weight is 340 g/mol. The summed E-state index contributed by atoms with van der Waals surface area (Å²) in [5.41, 5.74) is 2.33. The van der Waals surface area contributed by atoms with E-state index in [0.29, 0.717) is 10.9 Å². The van der Waals surface area contributed by atoms with Crippen LogP contribution >= 0.6 is 27.5 Å². The highest BCUT2D eigenvalue weighted by Gasteiger charge is 2.15. The lowest BCUT2D eigenvalue weighted by Crippen LogP contribution is -2.12. The zero-order valence-corrected chi connectivity index (χ0v) is 12.5. The van der Waals surface area contributed by atoms with Crippen LogP contribution in [0.25, 0.3) is 0 Å². The molecule has 3 rings (SSSR count). The second-order valence-electron chi connectivity index (χ2n) is 4.36. The lowest BCUT2D eigenvalue weighted by molar-refractivity contribution is 0.463. The molecular weight excluding hydrogens is 328 g/mol. The highest BCUT2D eigenvalue weighted by Crippen LogP contribution is 2.36. The number of ether oxygens (including phenoxy) is 1. The van der Waals surface area contributed by atoms with Crippen molar-refractivity contribution in [1.29, 1.82) is 0 Å². The average Bonchev–Trinajstić information content (AvgIpc) is 2.42. The molecule has 0 atom stereocenters. The number of para-hydroxylation sites is 1. The number of aromatic nitrogens is 1. The molecule has 1 N–H and O–H groups in total. The van der Waals surface area contributed by atoms with Crippen molar-refractivity contribution in [3.8, 4) is 11.6 Å². The molecular formula is C14H12BrClN2O. The minimum absolute atomic E-state index is 0.422. The van der Waals surface area contributed by atoms with Gasteiger partial charge in [0.2, 0.25) is 5.88 Å². The van der Waals surface area contributed by atoms with Crippen molar-refractivity contribution in [2.75, 3.05) is 11.9 Å². The molecule has 1 aromatic heterocycles. The smallest absolute Gasteiger partial charge is 0.238 e. The second kappa shape index (κ2) is 5.39. The van der Waals surface area contributed by atoms with Crippen molar-refractivity contribution in [3.63, 3.8) is 0 Å². The fraction of sp³-hybridized carbons (Fsp3) is 0.214. The van der Waals surface area contributed by atoms with Gasteiger partial charge in [-0.25, -0.2) is 4.98 Å². The topological polar surface area (TPSA) is 34.1 Å². The van der Waals surface area contributed by atoms with Crippen molar-refractivity contribution < 1.29 is 4.74 Å². The molecule has 0 radical (unpaired) electrons. The standard InChI is InChI=1S/C14H12BrClN2O/c15-10-7-11(16)14(18-8-10)19-12-5-1-3-9-4-2-6-17-13(9)12/h1,3,5,7-8,17H,2,4,6H2. The third-order valence-corrected chi connectivity index (χ3v) is 3.72. The van der Waals surface area contributed by atoms with Crippen LogP contribution < -0.4 is 10.1 Å². The normalized spacial score (nSPS) is 13.6. The van der Waals surface area contributed by atoms with Gasteiger partial charge in [-0.2, -0.15) is 0 Å². The molecule has 0 saturated carbocycles. The monoisotopic (exact) mass is 338 g/mol. The largest absolute Gasteiger partial charge is 0.435 e. The van der Waals surface area contributed by atoms with E-state index in [1.165, 1.54) is 5.56 Å². The number of anilines is 1. The van der Waals surface area contributed by atoms with Crippen LogP contribution in [0.2, 0.25) is 5.02 Å². The fourth-order valence-corrected chi connectivity index (χ4v) is 2.81. The van der Waals surface area contributed by atoms with Crippen LogP contribution in [0.15, 0.2) is 34.9 Å². The van der Waals surface area contributed by atoms with Crippen molar-refractivity contribution in [1.82, 2.24) is 4.98 Å². The highest BCUT2D eigenvalue weighted by molar-refractivity contribution is 9.10. The van der Waals surface area contributed by atoms with E-state index in [2.05, 4.69) is 32.3 Å². The summed E-state index contributed by atoms with van der Waals surface area (Å²) in [4.78, 5) is 4.19. The van der Waals surface area contributed by atoms with Crippen molar-refractivity contribution in [2.45, 2.75) is 12.8 Å².